The predicted molar refractivity (Wildman–Crippen MR) is 100 cm³/mol. The summed E-state index contributed by atoms with van der Waals surface area (Å²) >= 11 is 0. The molecular formula is C17H35N3O4S. The summed E-state index contributed by atoms with van der Waals surface area (Å²) in [7, 11) is -3.11. The maximum absolute atomic E-state index is 12.2. The van der Waals surface area contributed by atoms with Crippen molar-refractivity contribution in [3.8, 4) is 0 Å². The van der Waals surface area contributed by atoms with E-state index >= 15 is 0 Å². The van der Waals surface area contributed by atoms with E-state index in [1.165, 1.54) is 0 Å². The number of carbonyl (C=O) groups is 1. The van der Waals surface area contributed by atoms with E-state index in [2.05, 4.69) is 17.0 Å². The number of carbonyl (C=O) groups excluding carboxylic acids is 1. The number of nitrogens with zero attached hydrogens (tertiary/aromatic N) is 1. The lowest BCUT2D eigenvalue weighted by atomic mass is 9.91. The third-order valence-corrected chi connectivity index (χ3v) is 5.74. The highest BCUT2D eigenvalue weighted by molar-refractivity contribution is 7.89. The van der Waals surface area contributed by atoms with E-state index < -0.39 is 15.6 Å². The number of rotatable bonds is 8. The minimum Gasteiger partial charge on any atom is -0.444 e. The van der Waals surface area contributed by atoms with Crippen molar-refractivity contribution in [3.05, 3.63) is 0 Å². The molecule has 1 amide bonds. The first-order valence-corrected chi connectivity index (χ1v) is 10.9. The molecule has 1 heterocycles. The van der Waals surface area contributed by atoms with Crippen LogP contribution < -0.4 is 10.0 Å². The summed E-state index contributed by atoms with van der Waals surface area (Å²) in [6.07, 6.45) is 2.56. The molecule has 0 aromatic heterocycles. The van der Waals surface area contributed by atoms with E-state index in [4.69, 9.17) is 4.74 Å². The Labute approximate surface area is 152 Å². The smallest absolute Gasteiger partial charge is 0.410 e. The topological polar surface area (TPSA) is 87.7 Å². The maximum atomic E-state index is 12.2. The van der Waals surface area contributed by atoms with Gasteiger partial charge in [0.05, 0.1) is 5.75 Å². The highest BCUT2D eigenvalue weighted by atomic mass is 32.2. The summed E-state index contributed by atoms with van der Waals surface area (Å²) in [5.41, 5.74) is -0.473. The monoisotopic (exact) mass is 377 g/mol. The van der Waals surface area contributed by atoms with Gasteiger partial charge in [0, 0.05) is 25.7 Å². The number of nitrogens with one attached hydrogen (secondary N) is 2. The van der Waals surface area contributed by atoms with Gasteiger partial charge in [0.2, 0.25) is 10.0 Å². The van der Waals surface area contributed by atoms with Gasteiger partial charge in [-0.2, -0.15) is 0 Å². The van der Waals surface area contributed by atoms with Gasteiger partial charge in [-0.3, -0.25) is 0 Å². The molecule has 2 N–H and O–H groups in total. The molecule has 1 aliphatic rings. The van der Waals surface area contributed by atoms with Crippen molar-refractivity contribution in [2.45, 2.75) is 65.5 Å². The van der Waals surface area contributed by atoms with Crippen LogP contribution in [0.1, 0.15) is 53.9 Å². The molecule has 0 aliphatic carbocycles. The number of piperidine rings is 1. The third kappa shape index (κ3) is 8.87. The largest absolute Gasteiger partial charge is 0.444 e. The highest BCUT2D eigenvalue weighted by Crippen LogP contribution is 2.21. The van der Waals surface area contributed by atoms with Crippen LogP contribution in [-0.2, 0) is 14.8 Å². The van der Waals surface area contributed by atoms with Crippen LogP contribution in [0.5, 0.6) is 0 Å². The third-order valence-electron chi connectivity index (χ3n) is 4.34. The predicted octanol–water partition coefficient (Wildman–Crippen LogP) is 1.94. The Hall–Kier alpha value is -0.860. The van der Waals surface area contributed by atoms with Crippen LogP contribution in [0.3, 0.4) is 0 Å². The molecule has 2 atom stereocenters. The maximum Gasteiger partial charge on any atom is 0.410 e. The fourth-order valence-electron chi connectivity index (χ4n) is 2.82. The van der Waals surface area contributed by atoms with Gasteiger partial charge in [-0.1, -0.05) is 0 Å². The summed E-state index contributed by atoms with van der Waals surface area (Å²) in [4.78, 5) is 14.0. The number of hydrogen-bond donors (Lipinski definition) is 2. The summed E-state index contributed by atoms with van der Waals surface area (Å²) in [5.74, 6) is 0.493. The summed E-state index contributed by atoms with van der Waals surface area (Å²) in [6.45, 7) is 12.0. The number of sulfonamides is 1. The van der Waals surface area contributed by atoms with Crippen LogP contribution >= 0.6 is 0 Å². The SMILES string of the molecule is CCS(=O)(=O)NCCCN[C@@H](C)[C@H]1CCCN(C(=O)OC(C)(C)C)C1. The van der Waals surface area contributed by atoms with Crippen molar-refractivity contribution in [2.75, 3.05) is 31.9 Å². The van der Waals surface area contributed by atoms with Crippen molar-refractivity contribution in [3.63, 3.8) is 0 Å². The Kier molecular flexibility index (Phi) is 8.63. The molecule has 0 aromatic carbocycles. The second-order valence-electron chi connectivity index (χ2n) is 7.72. The fraction of sp³-hybridized carbons (Fsp3) is 0.941. The van der Waals surface area contributed by atoms with E-state index in [9.17, 15) is 13.2 Å². The molecule has 1 saturated heterocycles. The summed E-state index contributed by atoms with van der Waals surface area (Å²) in [6, 6.07) is 0.271. The lowest BCUT2D eigenvalue weighted by Crippen LogP contribution is -2.48. The first kappa shape index (κ1) is 22.2. The van der Waals surface area contributed by atoms with Crippen LogP contribution in [-0.4, -0.2) is 63.0 Å². The lowest BCUT2D eigenvalue weighted by molar-refractivity contribution is 0.0148. The van der Waals surface area contributed by atoms with Gasteiger partial charge < -0.3 is 15.0 Å². The van der Waals surface area contributed by atoms with Crippen molar-refractivity contribution < 1.29 is 17.9 Å². The molecule has 0 unspecified atom stereocenters. The second kappa shape index (κ2) is 9.73. The van der Waals surface area contributed by atoms with Crippen LogP contribution in [0.2, 0.25) is 0 Å². The van der Waals surface area contributed by atoms with Crippen molar-refractivity contribution in [1.82, 2.24) is 14.9 Å². The number of amides is 1. The second-order valence-corrected chi connectivity index (χ2v) is 9.82. The molecule has 1 aliphatic heterocycles. The van der Waals surface area contributed by atoms with Gasteiger partial charge in [0.25, 0.3) is 0 Å². The van der Waals surface area contributed by atoms with Gasteiger partial charge in [-0.15, -0.1) is 0 Å². The molecule has 8 heteroatoms. The minimum atomic E-state index is -3.11. The molecule has 0 spiro atoms. The van der Waals surface area contributed by atoms with E-state index in [0.717, 1.165) is 32.4 Å². The van der Waals surface area contributed by atoms with Crippen LogP contribution in [0.15, 0.2) is 0 Å². The Balaban J connectivity index is 2.33. The summed E-state index contributed by atoms with van der Waals surface area (Å²) in [5, 5.41) is 3.45. The minimum absolute atomic E-state index is 0.111. The Bertz CT molecular complexity index is 516. The zero-order valence-electron chi connectivity index (χ0n) is 16.3. The fourth-order valence-corrected chi connectivity index (χ4v) is 3.48. The zero-order chi connectivity index (χ0) is 19.1. The van der Waals surface area contributed by atoms with Gasteiger partial charge in [0.1, 0.15) is 5.60 Å². The quantitative estimate of drug-likeness (QED) is 0.631. The molecule has 7 nitrogen and oxygen atoms in total. The normalized spacial score (nSPS) is 20.4. The standard InChI is InChI=1S/C17H35N3O4S/c1-6-25(22,23)19-11-8-10-18-14(2)15-9-7-12-20(13-15)16(21)24-17(3,4)5/h14-15,18-19H,6-13H2,1-5H3/t14-,15-/m0/s1. The molecule has 1 fully saturated rings. The average molecular weight is 378 g/mol. The molecule has 0 bridgehead atoms. The molecule has 0 radical (unpaired) electrons. The first-order chi connectivity index (χ1) is 11.5. The Morgan fingerprint density at radius 3 is 2.60 bits per heavy atom. The van der Waals surface area contributed by atoms with Crippen molar-refractivity contribution in [2.24, 2.45) is 5.92 Å². The van der Waals surface area contributed by atoms with E-state index in [0.29, 0.717) is 19.0 Å². The molecule has 1 rings (SSSR count). The van der Waals surface area contributed by atoms with Gasteiger partial charge in [0.15, 0.2) is 0 Å². The van der Waals surface area contributed by atoms with Gasteiger partial charge in [-0.05, 0) is 66.3 Å². The Morgan fingerprint density at radius 2 is 2.00 bits per heavy atom. The van der Waals surface area contributed by atoms with Crippen LogP contribution in [0.25, 0.3) is 0 Å². The molecular weight excluding hydrogens is 342 g/mol. The average Bonchev–Trinajstić information content (AvgIpc) is 2.53. The number of hydrogen-bond acceptors (Lipinski definition) is 5. The van der Waals surface area contributed by atoms with Crippen LogP contribution in [0.4, 0.5) is 4.79 Å². The molecule has 25 heavy (non-hydrogen) atoms. The van der Waals surface area contributed by atoms with Gasteiger partial charge >= 0.3 is 6.09 Å². The molecule has 0 aromatic rings. The van der Waals surface area contributed by atoms with E-state index in [-0.39, 0.29) is 17.9 Å². The Morgan fingerprint density at radius 1 is 1.32 bits per heavy atom. The van der Waals surface area contributed by atoms with Gasteiger partial charge in [-0.25, -0.2) is 17.9 Å². The number of ether oxygens (including phenoxy) is 1. The lowest BCUT2D eigenvalue weighted by Gasteiger charge is -2.36. The summed E-state index contributed by atoms with van der Waals surface area (Å²) < 4.78 is 30.8. The van der Waals surface area contributed by atoms with E-state index in [1.54, 1.807) is 11.8 Å². The highest BCUT2D eigenvalue weighted by Gasteiger charge is 2.29. The zero-order valence-corrected chi connectivity index (χ0v) is 17.1. The molecule has 0 saturated carbocycles. The van der Waals surface area contributed by atoms with Crippen molar-refractivity contribution in [1.29, 1.82) is 0 Å². The van der Waals surface area contributed by atoms with Crippen molar-refractivity contribution >= 4 is 16.1 Å². The molecule has 148 valence electrons. The van der Waals surface area contributed by atoms with Crippen LogP contribution in [0, 0.1) is 5.92 Å². The number of likely N-dealkylation sites (tertiary alicyclic amines) is 1. The first-order valence-electron chi connectivity index (χ1n) is 9.22. The van der Waals surface area contributed by atoms with E-state index in [1.807, 2.05) is 20.8 Å².